The van der Waals surface area contributed by atoms with E-state index in [4.69, 9.17) is 13.8 Å². The smallest absolute Gasteiger partial charge is 0.456 e. The van der Waals surface area contributed by atoms with Gasteiger partial charge in [-0.3, -0.25) is 18.6 Å². The van der Waals surface area contributed by atoms with E-state index in [-0.39, 0.29) is 31.5 Å². The summed E-state index contributed by atoms with van der Waals surface area (Å²) in [6.45, 7) is 6.91. The molecular formula is C68H128N2O7P+. The predicted molar refractivity (Wildman–Crippen MR) is 337 cm³/mol. The largest absolute Gasteiger partial charge is 0.472 e. The van der Waals surface area contributed by atoms with Crippen LogP contribution in [0.5, 0.6) is 0 Å². The molecule has 0 saturated heterocycles. The molecule has 3 atom stereocenters. The van der Waals surface area contributed by atoms with Gasteiger partial charge in [0.25, 0.3) is 0 Å². The van der Waals surface area contributed by atoms with Crippen LogP contribution in [0.3, 0.4) is 0 Å². The van der Waals surface area contributed by atoms with Gasteiger partial charge in [0, 0.05) is 12.8 Å². The van der Waals surface area contributed by atoms with Crippen LogP contribution in [0.2, 0.25) is 0 Å². The number of allylic oxidation sites excluding steroid dienone is 9. The van der Waals surface area contributed by atoms with Crippen molar-refractivity contribution in [3.05, 3.63) is 60.8 Å². The second-order valence-electron chi connectivity index (χ2n) is 23.6. The Balaban J connectivity index is 5.10. The summed E-state index contributed by atoms with van der Waals surface area (Å²) >= 11 is 0. The molecule has 0 aliphatic heterocycles. The highest BCUT2D eigenvalue weighted by Gasteiger charge is 2.30. The van der Waals surface area contributed by atoms with Crippen LogP contribution >= 0.6 is 7.82 Å². The molecule has 0 fully saturated rings. The molecule has 0 radical (unpaired) electrons. The van der Waals surface area contributed by atoms with Crippen molar-refractivity contribution in [2.24, 2.45) is 0 Å². The molecule has 3 unspecified atom stereocenters. The van der Waals surface area contributed by atoms with Crippen LogP contribution < -0.4 is 5.32 Å². The van der Waals surface area contributed by atoms with Crippen LogP contribution in [-0.2, 0) is 27.9 Å². The normalized spacial score (nSPS) is 14.0. The van der Waals surface area contributed by atoms with E-state index in [0.717, 1.165) is 89.9 Å². The highest BCUT2D eigenvalue weighted by atomic mass is 31.2. The van der Waals surface area contributed by atoms with Gasteiger partial charge in [0.1, 0.15) is 19.3 Å². The molecule has 0 heterocycles. The van der Waals surface area contributed by atoms with E-state index in [9.17, 15) is 19.0 Å². The first-order valence-electron chi connectivity index (χ1n) is 33.1. The summed E-state index contributed by atoms with van der Waals surface area (Å²) in [5.74, 6) is -0.522. The molecule has 456 valence electrons. The lowest BCUT2D eigenvalue weighted by Crippen LogP contribution is -2.47. The van der Waals surface area contributed by atoms with Crippen LogP contribution in [0.15, 0.2) is 60.8 Å². The Bertz CT molecular complexity index is 1520. The number of amides is 1. The van der Waals surface area contributed by atoms with Gasteiger partial charge in [-0.25, -0.2) is 4.57 Å². The molecule has 1 amide bonds. The number of hydrogen-bond acceptors (Lipinski definition) is 6. The summed E-state index contributed by atoms with van der Waals surface area (Å²) < 4.78 is 30.7. The number of likely N-dealkylation sites (N-methyl/N-ethyl adjacent to an activating group) is 1. The third kappa shape index (κ3) is 58.4. The summed E-state index contributed by atoms with van der Waals surface area (Å²) in [6, 6.07) is -0.860. The van der Waals surface area contributed by atoms with E-state index >= 15 is 0 Å². The van der Waals surface area contributed by atoms with E-state index in [1.165, 1.54) is 186 Å². The van der Waals surface area contributed by atoms with Gasteiger partial charge in [0.2, 0.25) is 5.91 Å². The fourth-order valence-electron chi connectivity index (χ4n) is 9.60. The molecule has 10 heteroatoms. The van der Waals surface area contributed by atoms with Gasteiger partial charge in [-0.2, -0.15) is 0 Å². The van der Waals surface area contributed by atoms with Crippen molar-refractivity contribution in [1.29, 1.82) is 0 Å². The summed E-state index contributed by atoms with van der Waals surface area (Å²) in [5, 5.41) is 3.05. The minimum Gasteiger partial charge on any atom is -0.456 e. The number of nitrogens with zero attached hydrogens (tertiary/aromatic N) is 1. The minimum atomic E-state index is -4.46. The number of phosphoric ester groups is 1. The summed E-state index contributed by atoms with van der Waals surface area (Å²) in [7, 11) is 1.48. The maximum Gasteiger partial charge on any atom is 0.472 e. The van der Waals surface area contributed by atoms with E-state index in [0.29, 0.717) is 17.4 Å². The summed E-state index contributed by atoms with van der Waals surface area (Å²) in [5.41, 5.74) is 0. The highest BCUT2D eigenvalue weighted by Crippen LogP contribution is 2.43. The van der Waals surface area contributed by atoms with E-state index in [2.05, 4.69) is 74.7 Å². The zero-order chi connectivity index (χ0) is 57.2. The summed E-state index contributed by atoms with van der Waals surface area (Å²) in [4.78, 5) is 37.8. The molecular weight excluding hydrogens is 988 g/mol. The van der Waals surface area contributed by atoms with Gasteiger partial charge in [0.15, 0.2) is 0 Å². The van der Waals surface area contributed by atoms with E-state index < -0.39 is 20.0 Å². The van der Waals surface area contributed by atoms with Crippen molar-refractivity contribution in [3.63, 3.8) is 0 Å². The van der Waals surface area contributed by atoms with E-state index in [1.807, 2.05) is 33.3 Å². The number of unbranched alkanes of at least 4 members (excludes halogenated alkanes) is 36. The van der Waals surface area contributed by atoms with Crippen molar-refractivity contribution in [1.82, 2.24) is 5.32 Å². The van der Waals surface area contributed by atoms with Gasteiger partial charge in [-0.1, -0.05) is 268 Å². The standard InChI is InChI=1S/C68H127N2O7P/c1-7-10-13-16-19-22-25-28-30-31-32-33-34-35-36-37-38-39-40-43-46-49-52-55-58-61-68(72)77-66(59-56-53-50-47-44-41-27-24-21-18-15-12-9-3)65(64-76-78(73,74)75-63-62-70(4,5)6)69-67(71)60-57-54-51-48-45-42-29-26-23-20-17-14-11-8-2/h11,14,20,23,28-30,42,56,59,65-66H,7-10,12-13,15-19,21-22,24-27,31-41,43-55,57-58,60-64H2,1-6H3,(H-,69,71,73,74)/p+1/b14-11+,23-20+,30-28+,42-29+,59-56-. The van der Waals surface area contributed by atoms with Crippen LogP contribution in [0.25, 0.3) is 0 Å². The van der Waals surface area contributed by atoms with E-state index in [1.54, 1.807) is 0 Å². The van der Waals surface area contributed by atoms with Crippen LogP contribution in [0.4, 0.5) is 0 Å². The van der Waals surface area contributed by atoms with Crippen molar-refractivity contribution in [2.45, 2.75) is 322 Å². The number of esters is 1. The quantitative estimate of drug-likeness (QED) is 0.0205. The second kappa shape index (κ2) is 57.9. The molecule has 0 aromatic carbocycles. The van der Waals surface area contributed by atoms with Crippen molar-refractivity contribution in [3.8, 4) is 0 Å². The Labute approximate surface area is 483 Å². The maximum atomic E-state index is 13.5. The molecule has 0 aromatic rings. The lowest BCUT2D eigenvalue weighted by Gasteiger charge is -2.27. The average molecular weight is 1120 g/mol. The Hall–Kier alpha value is -2.29. The van der Waals surface area contributed by atoms with Gasteiger partial charge >= 0.3 is 13.8 Å². The lowest BCUT2D eigenvalue weighted by atomic mass is 10.0. The Morgan fingerprint density at radius 3 is 1.24 bits per heavy atom. The fraction of sp³-hybridized carbons (Fsp3) is 0.824. The first-order chi connectivity index (χ1) is 37.9. The van der Waals surface area contributed by atoms with Gasteiger partial charge in [-0.05, 0) is 89.5 Å². The molecule has 78 heavy (non-hydrogen) atoms. The number of hydrogen-bond donors (Lipinski definition) is 2. The topological polar surface area (TPSA) is 111 Å². The Morgan fingerprint density at radius 2 is 0.821 bits per heavy atom. The monoisotopic (exact) mass is 1120 g/mol. The minimum absolute atomic E-state index is 0.0354. The van der Waals surface area contributed by atoms with Gasteiger partial charge < -0.3 is 19.4 Å². The zero-order valence-corrected chi connectivity index (χ0v) is 53.1. The number of carbonyl (C=O) groups is 2. The fourth-order valence-corrected chi connectivity index (χ4v) is 10.3. The first kappa shape index (κ1) is 75.7. The number of carbonyl (C=O) groups excluding carboxylic acids is 2. The second-order valence-corrected chi connectivity index (χ2v) is 25.1. The summed E-state index contributed by atoms with van der Waals surface area (Å²) in [6.07, 6.45) is 73.8. The molecule has 0 bridgehead atoms. The maximum absolute atomic E-state index is 13.5. The number of rotatable bonds is 60. The predicted octanol–water partition coefficient (Wildman–Crippen LogP) is 20.6. The third-order valence-electron chi connectivity index (χ3n) is 14.7. The number of nitrogens with one attached hydrogen (secondary N) is 1. The molecule has 2 N–H and O–H groups in total. The van der Waals surface area contributed by atoms with Crippen LogP contribution in [-0.4, -0.2) is 74.3 Å². The van der Waals surface area contributed by atoms with Crippen molar-refractivity contribution in [2.75, 3.05) is 40.9 Å². The Morgan fingerprint density at radius 1 is 0.462 bits per heavy atom. The molecule has 0 aliphatic rings. The molecule has 0 rings (SSSR count). The Kier molecular flexibility index (Phi) is 56.2. The van der Waals surface area contributed by atoms with Crippen LogP contribution in [0, 0.1) is 0 Å². The van der Waals surface area contributed by atoms with Gasteiger partial charge in [-0.15, -0.1) is 0 Å². The highest BCUT2D eigenvalue weighted by molar-refractivity contribution is 7.47. The van der Waals surface area contributed by atoms with Crippen molar-refractivity contribution < 1.29 is 37.3 Å². The first-order valence-corrected chi connectivity index (χ1v) is 34.6. The van der Waals surface area contributed by atoms with Crippen LogP contribution in [0.1, 0.15) is 310 Å². The number of ether oxygens (including phenoxy) is 1. The third-order valence-corrected chi connectivity index (χ3v) is 15.7. The van der Waals surface area contributed by atoms with Crippen molar-refractivity contribution >= 4 is 19.7 Å². The SMILES string of the molecule is CC/C=C/C/C=C/C/C=C/CCCCCCC(=O)NC(COP(=O)(O)OCC[N+](C)(C)C)C(/C=C\CCCCCCCCCCCCC)OC(=O)CCCCCCCCCCCCCCCCC/C=C/CCCCCCCC. The average Bonchev–Trinajstić information content (AvgIpc) is 3.40. The zero-order valence-electron chi connectivity index (χ0n) is 52.2. The number of quaternary nitrogens is 1. The molecule has 0 aliphatic carbocycles. The molecule has 0 saturated carbocycles. The lowest BCUT2D eigenvalue weighted by molar-refractivity contribution is -0.870. The number of phosphoric acid groups is 1. The molecule has 0 aromatic heterocycles. The molecule has 0 spiro atoms. The molecule has 9 nitrogen and oxygen atoms in total. The van der Waals surface area contributed by atoms with Gasteiger partial charge in [0.05, 0.1) is 33.8 Å².